The van der Waals surface area contributed by atoms with E-state index in [0.717, 1.165) is 33.7 Å². The molecule has 8 rings (SSSR count). The minimum absolute atomic E-state index is 0.970. The van der Waals surface area contributed by atoms with Crippen LogP contribution >= 0.6 is 0 Å². The van der Waals surface area contributed by atoms with Gasteiger partial charge in [0.2, 0.25) is 0 Å². The fourth-order valence-corrected chi connectivity index (χ4v) is 5.78. The minimum atomic E-state index is 0.970. The molecule has 0 amide bonds. The van der Waals surface area contributed by atoms with Crippen LogP contribution in [0.1, 0.15) is 0 Å². The normalized spacial score (nSPS) is 11.7. The van der Waals surface area contributed by atoms with E-state index in [4.69, 9.17) is 4.98 Å². The Bertz CT molecular complexity index is 2110. The summed E-state index contributed by atoms with van der Waals surface area (Å²) >= 11 is 0. The van der Waals surface area contributed by atoms with E-state index in [1.807, 2.05) is 18.2 Å². The summed E-state index contributed by atoms with van der Waals surface area (Å²) < 4.78 is 2.39. The lowest BCUT2D eigenvalue weighted by molar-refractivity contribution is 1.18. The number of benzene rings is 5. The summed E-state index contributed by atoms with van der Waals surface area (Å²) in [5.74, 6) is 0. The van der Waals surface area contributed by atoms with Gasteiger partial charge in [-0.2, -0.15) is 0 Å². The first kappa shape index (κ1) is 21.0. The van der Waals surface area contributed by atoms with Crippen LogP contribution in [0.2, 0.25) is 0 Å². The molecule has 0 bridgehead atoms. The zero-order valence-corrected chi connectivity index (χ0v) is 20.6. The Labute approximate surface area is 219 Å². The first-order valence-corrected chi connectivity index (χ1v) is 12.9. The zero-order valence-electron chi connectivity index (χ0n) is 20.6. The topological polar surface area (TPSA) is 33.6 Å². The van der Waals surface area contributed by atoms with Gasteiger partial charge in [-0.05, 0) is 36.4 Å². The average Bonchev–Trinajstić information content (AvgIpc) is 3.54. The summed E-state index contributed by atoms with van der Waals surface area (Å²) in [6.07, 6.45) is 0. The molecule has 0 atom stereocenters. The first-order valence-electron chi connectivity index (χ1n) is 12.9. The van der Waals surface area contributed by atoms with Gasteiger partial charge >= 0.3 is 0 Å². The number of para-hydroxylation sites is 2. The highest BCUT2D eigenvalue weighted by Crippen LogP contribution is 2.38. The molecule has 0 aliphatic heterocycles. The monoisotopic (exact) mass is 485 g/mol. The first-order chi connectivity index (χ1) is 18.8. The quantitative estimate of drug-likeness (QED) is 0.266. The standard InChI is InChI=1S/C35H23N3/c1-2-9-23(10-3-1)30-14-8-15-31(36-30)24-17-19-25(20-18-24)38-33-16-7-5-12-27(33)29-22-21-28-26-11-4-6-13-32(26)37-34(28)35(29)38/h1-22,37H. The van der Waals surface area contributed by atoms with E-state index in [9.17, 15) is 0 Å². The lowest BCUT2D eigenvalue weighted by atomic mass is 10.1. The number of rotatable bonds is 3. The van der Waals surface area contributed by atoms with Crippen molar-refractivity contribution < 1.29 is 0 Å². The summed E-state index contributed by atoms with van der Waals surface area (Å²) in [4.78, 5) is 8.68. The third-order valence-corrected chi connectivity index (χ3v) is 7.55. The van der Waals surface area contributed by atoms with Gasteiger partial charge < -0.3 is 9.55 Å². The fraction of sp³-hybridized carbons (Fsp3) is 0. The van der Waals surface area contributed by atoms with Crippen molar-refractivity contribution in [1.82, 2.24) is 14.5 Å². The molecule has 0 fully saturated rings. The molecule has 178 valence electrons. The summed E-state index contributed by atoms with van der Waals surface area (Å²) in [7, 11) is 0. The van der Waals surface area contributed by atoms with Gasteiger partial charge in [-0.15, -0.1) is 0 Å². The van der Waals surface area contributed by atoms with Gasteiger partial charge in [0, 0.05) is 43.9 Å². The molecule has 0 saturated heterocycles. The van der Waals surface area contributed by atoms with E-state index < -0.39 is 0 Å². The van der Waals surface area contributed by atoms with Crippen LogP contribution in [-0.4, -0.2) is 14.5 Å². The van der Waals surface area contributed by atoms with E-state index >= 15 is 0 Å². The van der Waals surface area contributed by atoms with Crippen molar-refractivity contribution in [3.8, 4) is 28.2 Å². The van der Waals surface area contributed by atoms with Gasteiger partial charge in [-0.25, -0.2) is 4.98 Å². The van der Waals surface area contributed by atoms with Crippen LogP contribution in [0, 0.1) is 0 Å². The largest absolute Gasteiger partial charge is 0.353 e. The van der Waals surface area contributed by atoms with Crippen LogP contribution in [-0.2, 0) is 0 Å². The zero-order chi connectivity index (χ0) is 25.1. The molecule has 1 N–H and O–H groups in total. The van der Waals surface area contributed by atoms with E-state index in [1.165, 1.54) is 38.1 Å². The Hall–Kier alpha value is -5.15. The highest BCUT2D eigenvalue weighted by Gasteiger charge is 2.17. The van der Waals surface area contributed by atoms with Crippen LogP contribution in [0.15, 0.2) is 133 Å². The van der Waals surface area contributed by atoms with E-state index in [1.54, 1.807) is 0 Å². The van der Waals surface area contributed by atoms with Crippen LogP contribution < -0.4 is 0 Å². The van der Waals surface area contributed by atoms with Gasteiger partial charge in [0.25, 0.3) is 0 Å². The highest BCUT2D eigenvalue weighted by atomic mass is 15.0. The van der Waals surface area contributed by atoms with Gasteiger partial charge in [0.05, 0.1) is 27.9 Å². The minimum Gasteiger partial charge on any atom is -0.353 e. The smallest absolute Gasteiger partial charge is 0.0783 e. The predicted octanol–water partition coefficient (Wildman–Crippen LogP) is 9.15. The second-order valence-corrected chi connectivity index (χ2v) is 9.73. The Morgan fingerprint density at radius 1 is 0.474 bits per heavy atom. The van der Waals surface area contributed by atoms with Crippen molar-refractivity contribution in [2.24, 2.45) is 0 Å². The molecule has 0 aliphatic rings. The van der Waals surface area contributed by atoms with E-state index in [-0.39, 0.29) is 0 Å². The fourth-order valence-electron chi connectivity index (χ4n) is 5.78. The van der Waals surface area contributed by atoms with Crippen LogP contribution in [0.3, 0.4) is 0 Å². The molecule has 0 unspecified atom stereocenters. The number of nitrogens with zero attached hydrogens (tertiary/aromatic N) is 2. The third-order valence-electron chi connectivity index (χ3n) is 7.55. The van der Waals surface area contributed by atoms with Crippen molar-refractivity contribution in [2.75, 3.05) is 0 Å². The molecule has 5 aromatic carbocycles. The Morgan fingerprint density at radius 3 is 1.95 bits per heavy atom. The summed E-state index contributed by atoms with van der Waals surface area (Å²) in [6.45, 7) is 0. The SMILES string of the molecule is c1ccc(-c2cccc(-c3ccc(-n4c5ccccc5c5ccc6c7ccccc7[nH]c6c54)cc3)n2)cc1. The molecule has 3 heteroatoms. The van der Waals surface area contributed by atoms with Crippen molar-refractivity contribution in [2.45, 2.75) is 0 Å². The van der Waals surface area contributed by atoms with Crippen molar-refractivity contribution in [1.29, 1.82) is 0 Å². The molecule has 3 heterocycles. The van der Waals surface area contributed by atoms with Crippen molar-refractivity contribution >= 4 is 43.6 Å². The molecule has 3 nitrogen and oxygen atoms in total. The number of nitrogens with one attached hydrogen (secondary N) is 1. The summed E-state index contributed by atoms with van der Waals surface area (Å²) in [5.41, 5.74) is 10.0. The highest BCUT2D eigenvalue weighted by molar-refractivity contribution is 6.22. The van der Waals surface area contributed by atoms with Gasteiger partial charge in [-0.1, -0.05) is 97.1 Å². The molecule has 0 spiro atoms. The van der Waals surface area contributed by atoms with Crippen LogP contribution in [0.4, 0.5) is 0 Å². The molecule has 0 radical (unpaired) electrons. The molecular formula is C35H23N3. The number of H-pyrrole nitrogens is 1. The average molecular weight is 486 g/mol. The lowest BCUT2D eigenvalue weighted by Gasteiger charge is -2.10. The van der Waals surface area contributed by atoms with Crippen molar-refractivity contribution in [3.05, 3.63) is 133 Å². The number of aromatic nitrogens is 3. The molecule has 0 saturated carbocycles. The van der Waals surface area contributed by atoms with Gasteiger partial charge in [0.1, 0.15) is 0 Å². The van der Waals surface area contributed by atoms with Crippen LogP contribution in [0.5, 0.6) is 0 Å². The second-order valence-electron chi connectivity index (χ2n) is 9.73. The molecular weight excluding hydrogens is 462 g/mol. The Morgan fingerprint density at radius 2 is 1.13 bits per heavy atom. The molecule has 3 aromatic heterocycles. The second kappa shape index (κ2) is 8.19. The Balaban J connectivity index is 1.32. The maximum atomic E-state index is 4.96. The maximum Gasteiger partial charge on any atom is 0.0783 e. The molecule has 8 aromatic rings. The number of hydrogen-bond donors (Lipinski definition) is 1. The van der Waals surface area contributed by atoms with Gasteiger partial charge in [0.15, 0.2) is 0 Å². The summed E-state index contributed by atoms with van der Waals surface area (Å²) in [5, 5.41) is 5.00. The predicted molar refractivity (Wildman–Crippen MR) is 159 cm³/mol. The lowest BCUT2D eigenvalue weighted by Crippen LogP contribution is -1.95. The van der Waals surface area contributed by atoms with Crippen molar-refractivity contribution in [3.63, 3.8) is 0 Å². The maximum absolute atomic E-state index is 4.96. The summed E-state index contributed by atoms with van der Waals surface area (Å²) in [6, 6.07) is 47.1. The Kier molecular flexibility index (Phi) is 4.52. The van der Waals surface area contributed by atoms with Crippen LogP contribution in [0.25, 0.3) is 71.8 Å². The van der Waals surface area contributed by atoms with E-state index in [2.05, 4.69) is 125 Å². The number of pyridine rings is 1. The van der Waals surface area contributed by atoms with E-state index in [0.29, 0.717) is 0 Å². The molecule has 38 heavy (non-hydrogen) atoms. The number of fused-ring (bicyclic) bond motifs is 7. The molecule has 0 aliphatic carbocycles. The third kappa shape index (κ3) is 3.12. The number of hydrogen-bond acceptors (Lipinski definition) is 1. The van der Waals surface area contributed by atoms with Gasteiger partial charge in [-0.3, -0.25) is 0 Å². The number of aromatic amines is 1.